The molecule has 0 N–H and O–H groups in total. The van der Waals surface area contributed by atoms with Crippen molar-refractivity contribution in [2.75, 3.05) is 52.4 Å². The first-order valence-corrected chi connectivity index (χ1v) is 9.44. The zero-order chi connectivity index (χ0) is 17.8. The van der Waals surface area contributed by atoms with Crippen molar-refractivity contribution in [3.05, 3.63) is 29.8 Å². The second-order valence-corrected chi connectivity index (χ2v) is 7.51. The summed E-state index contributed by atoms with van der Waals surface area (Å²) in [4.78, 5) is 18.5. The van der Waals surface area contributed by atoms with Crippen molar-refractivity contribution in [1.29, 1.82) is 0 Å². The number of rotatable bonds is 5. The molecule has 0 aliphatic carbocycles. The van der Waals surface area contributed by atoms with E-state index >= 15 is 0 Å². The third kappa shape index (κ3) is 4.73. The lowest BCUT2D eigenvalue weighted by Gasteiger charge is -2.39. The van der Waals surface area contributed by atoms with E-state index < -0.39 is 0 Å². The van der Waals surface area contributed by atoms with E-state index in [1.807, 2.05) is 17.0 Å². The number of aryl methyl sites for hydroxylation is 1. The van der Waals surface area contributed by atoms with Gasteiger partial charge in [-0.3, -0.25) is 14.6 Å². The Labute approximate surface area is 151 Å². The van der Waals surface area contributed by atoms with Crippen LogP contribution >= 0.6 is 0 Å². The van der Waals surface area contributed by atoms with Crippen LogP contribution < -0.4 is 4.74 Å². The number of benzene rings is 1. The van der Waals surface area contributed by atoms with E-state index in [1.165, 1.54) is 5.56 Å². The van der Waals surface area contributed by atoms with Gasteiger partial charge in [-0.15, -0.1) is 0 Å². The fraction of sp³-hybridized carbons (Fsp3) is 0.650. The monoisotopic (exact) mass is 345 g/mol. The minimum atomic E-state index is 0.203. The van der Waals surface area contributed by atoms with Gasteiger partial charge in [0.2, 0.25) is 5.91 Å². The first-order chi connectivity index (χ1) is 12.0. The van der Waals surface area contributed by atoms with Gasteiger partial charge in [0, 0.05) is 58.8 Å². The smallest absolute Gasteiger partial charge is 0.219 e. The largest absolute Gasteiger partial charge is 0.492 e. The molecule has 5 nitrogen and oxygen atoms in total. The molecular formula is C20H31N3O2. The average molecular weight is 345 g/mol. The highest BCUT2D eigenvalue weighted by atomic mass is 16.5. The van der Waals surface area contributed by atoms with Crippen LogP contribution in [0.2, 0.25) is 0 Å². The molecule has 3 rings (SSSR count). The maximum Gasteiger partial charge on any atom is 0.219 e. The lowest BCUT2D eigenvalue weighted by Crippen LogP contribution is -2.53. The molecule has 0 bridgehead atoms. The number of piperazine rings is 1. The van der Waals surface area contributed by atoms with Crippen LogP contribution in [0, 0.1) is 12.8 Å². The fourth-order valence-corrected chi connectivity index (χ4v) is 4.00. The van der Waals surface area contributed by atoms with Crippen LogP contribution in [0.5, 0.6) is 5.75 Å². The predicted molar refractivity (Wildman–Crippen MR) is 99.9 cm³/mol. The first-order valence-electron chi connectivity index (χ1n) is 9.44. The molecule has 0 radical (unpaired) electrons. The summed E-state index contributed by atoms with van der Waals surface area (Å²) < 4.78 is 5.88. The summed E-state index contributed by atoms with van der Waals surface area (Å²) in [6, 6.07) is 8.86. The Balaban J connectivity index is 1.42. The topological polar surface area (TPSA) is 36.0 Å². The van der Waals surface area contributed by atoms with Crippen LogP contribution in [0.15, 0.2) is 24.3 Å². The predicted octanol–water partition coefficient (Wildman–Crippen LogP) is 1.86. The van der Waals surface area contributed by atoms with Gasteiger partial charge in [0.1, 0.15) is 12.4 Å². The molecule has 5 heteroatoms. The summed E-state index contributed by atoms with van der Waals surface area (Å²) in [5.41, 5.74) is 1.26. The number of ether oxygens (including phenoxy) is 1. The number of likely N-dealkylation sites (tertiary alicyclic amines) is 1. The lowest BCUT2D eigenvalue weighted by atomic mass is 10.0. The second-order valence-electron chi connectivity index (χ2n) is 7.51. The zero-order valence-corrected chi connectivity index (χ0v) is 15.8. The molecule has 2 atom stereocenters. The van der Waals surface area contributed by atoms with E-state index in [4.69, 9.17) is 4.74 Å². The fourth-order valence-electron chi connectivity index (χ4n) is 4.00. The van der Waals surface area contributed by atoms with Crippen molar-refractivity contribution < 1.29 is 9.53 Å². The third-order valence-electron chi connectivity index (χ3n) is 5.57. The number of nitrogens with zero attached hydrogens (tertiary/aromatic N) is 3. The summed E-state index contributed by atoms with van der Waals surface area (Å²) >= 11 is 0. The lowest BCUT2D eigenvalue weighted by molar-refractivity contribution is -0.130. The molecule has 2 fully saturated rings. The average Bonchev–Trinajstić information content (AvgIpc) is 2.97. The number of carbonyl (C=O) groups excluding carboxylic acids is 1. The maximum atomic E-state index is 11.5. The Morgan fingerprint density at radius 1 is 1.12 bits per heavy atom. The highest BCUT2D eigenvalue weighted by molar-refractivity contribution is 5.73. The first kappa shape index (κ1) is 18.2. The number of hydrogen-bond acceptors (Lipinski definition) is 4. The van der Waals surface area contributed by atoms with Crippen LogP contribution in [0.1, 0.15) is 19.4 Å². The van der Waals surface area contributed by atoms with Crippen molar-refractivity contribution >= 4 is 5.91 Å². The van der Waals surface area contributed by atoms with Crippen molar-refractivity contribution in [3.63, 3.8) is 0 Å². The van der Waals surface area contributed by atoms with Crippen LogP contribution in [-0.4, -0.2) is 79.1 Å². The Morgan fingerprint density at radius 2 is 1.80 bits per heavy atom. The van der Waals surface area contributed by atoms with Crippen LogP contribution in [0.4, 0.5) is 0 Å². The summed E-state index contributed by atoms with van der Waals surface area (Å²) in [5, 5.41) is 0. The van der Waals surface area contributed by atoms with Gasteiger partial charge < -0.3 is 9.64 Å². The quantitative estimate of drug-likeness (QED) is 0.816. The minimum absolute atomic E-state index is 0.203. The van der Waals surface area contributed by atoms with Gasteiger partial charge in [-0.25, -0.2) is 0 Å². The van der Waals surface area contributed by atoms with E-state index in [1.54, 1.807) is 6.92 Å². The van der Waals surface area contributed by atoms with Crippen LogP contribution in [0.3, 0.4) is 0 Å². The molecule has 0 unspecified atom stereocenters. The Hall–Kier alpha value is -1.59. The van der Waals surface area contributed by atoms with Gasteiger partial charge in [0.15, 0.2) is 0 Å². The van der Waals surface area contributed by atoms with Gasteiger partial charge in [0.25, 0.3) is 0 Å². The summed E-state index contributed by atoms with van der Waals surface area (Å²) in [6.45, 7) is 13.8. The number of hydrogen-bond donors (Lipinski definition) is 0. The molecule has 0 aromatic heterocycles. The number of carbonyl (C=O) groups is 1. The Bertz CT molecular complexity index is 567. The molecule has 0 saturated carbocycles. The second kappa shape index (κ2) is 8.19. The van der Waals surface area contributed by atoms with Crippen LogP contribution in [0.25, 0.3) is 0 Å². The SMILES string of the molecule is CC(=O)N1CCN([C@H]2CN(CCOc3ccc(C)cc3)C[C@H]2C)CC1. The van der Waals surface area contributed by atoms with Gasteiger partial charge in [-0.2, -0.15) is 0 Å². The van der Waals surface area contributed by atoms with Gasteiger partial charge in [0.05, 0.1) is 0 Å². The van der Waals surface area contributed by atoms with E-state index in [2.05, 4.69) is 35.8 Å². The molecule has 25 heavy (non-hydrogen) atoms. The third-order valence-corrected chi connectivity index (χ3v) is 5.57. The summed E-state index contributed by atoms with van der Waals surface area (Å²) in [7, 11) is 0. The Morgan fingerprint density at radius 3 is 2.44 bits per heavy atom. The van der Waals surface area contributed by atoms with E-state index in [9.17, 15) is 4.79 Å². The zero-order valence-electron chi connectivity index (χ0n) is 15.8. The minimum Gasteiger partial charge on any atom is -0.492 e. The molecule has 0 spiro atoms. The standard InChI is InChI=1S/C20H31N3O2/c1-16-4-6-19(7-5-16)25-13-12-21-14-17(2)20(15-21)23-10-8-22(9-11-23)18(3)24/h4-7,17,20H,8-15H2,1-3H3/t17-,20+/m1/s1. The van der Waals surface area contributed by atoms with Gasteiger partial charge in [-0.1, -0.05) is 24.6 Å². The molecule has 1 aromatic rings. The van der Waals surface area contributed by atoms with Crippen molar-refractivity contribution in [3.8, 4) is 5.75 Å². The van der Waals surface area contributed by atoms with Gasteiger partial charge >= 0.3 is 0 Å². The van der Waals surface area contributed by atoms with E-state index in [0.29, 0.717) is 12.0 Å². The van der Waals surface area contributed by atoms with Crippen molar-refractivity contribution in [1.82, 2.24) is 14.7 Å². The molecule has 138 valence electrons. The molecular weight excluding hydrogens is 314 g/mol. The highest BCUT2D eigenvalue weighted by Gasteiger charge is 2.35. The van der Waals surface area contributed by atoms with Gasteiger partial charge in [-0.05, 0) is 25.0 Å². The Kier molecular flexibility index (Phi) is 5.97. The molecule has 2 saturated heterocycles. The summed E-state index contributed by atoms with van der Waals surface area (Å²) in [5.74, 6) is 1.83. The molecule has 2 aliphatic heterocycles. The van der Waals surface area contributed by atoms with Crippen LogP contribution in [-0.2, 0) is 4.79 Å². The number of amides is 1. The van der Waals surface area contributed by atoms with Crippen molar-refractivity contribution in [2.24, 2.45) is 5.92 Å². The highest BCUT2D eigenvalue weighted by Crippen LogP contribution is 2.23. The molecule has 1 aromatic carbocycles. The van der Waals surface area contributed by atoms with E-state index in [-0.39, 0.29) is 5.91 Å². The van der Waals surface area contributed by atoms with Crippen molar-refractivity contribution in [2.45, 2.75) is 26.8 Å². The normalized spacial score (nSPS) is 25.3. The van der Waals surface area contributed by atoms with E-state index in [0.717, 1.165) is 58.2 Å². The summed E-state index contributed by atoms with van der Waals surface area (Å²) in [6.07, 6.45) is 0. The molecule has 1 amide bonds. The molecule has 2 heterocycles. The maximum absolute atomic E-state index is 11.5. The molecule has 2 aliphatic rings.